The number of methoxy groups -OCH3 is 2. The highest BCUT2D eigenvalue weighted by atomic mass is 32.2. The van der Waals surface area contributed by atoms with Crippen molar-refractivity contribution in [1.82, 2.24) is 4.98 Å². The zero-order chi connectivity index (χ0) is 22.1. The molecule has 0 spiro atoms. The van der Waals surface area contributed by atoms with Crippen LogP contribution in [0.5, 0.6) is 11.5 Å². The van der Waals surface area contributed by atoms with Gasteiger partial charge in [-0.3, -0.25) is 4.79 Å². The van der Waals surface area contributed by atoms with Gasteiger partial charge in [0.1, 0.15) is 15.6 Å². The van der Waals surface area contributed by atoms with Gasteiger partial charge in [0.05, 0.1) is 14.2 Å². The van der Waals surface area contributed by atoms with E-state index in [1.54, 1.807) is 68.2 Å². The maximum atomic E-state index is 13.1. The van der Waals surface area contributed by atoms with Crippen LogP contribution in [0.2, 0.25) is 0 Å². The molecule has 0 saturated heterocycles. The van der Waals surface area contributed by atoms with Crippen molar-refractivity contribution in [3.05, 3.63) is 107 Å². The molecule has 0 amide bonds. The average molecular weight is 460 g/mol. The summed E-state index contributed by atoms with van der Waals surface area (Å²) in [4.78, 5) is 19.0. The third-order valence-corrected chi connectivity index (χ3v) is 8.75. The standard InChI is InChI=1S/C26H21NO3S2/c1-29-20-11-7-17(8-12-20)25(28)18-15-24(27-16-18)26(19-9-13-21(30-2)14-10-19)31-22-5-3-4-6-23(22)32-26/h3-16,27H,1-2H3. The van der Waals surface area contributed by atoms with Crippen LogP contribution in [0, 0.1) is 0 Å². The van der Waals surface area contributed by atoms with Crippen LogP contribution in [0.4, 0.5) is 0 Å². The maximum absolute atomic E-state index is 13.1. The second-order valence-corrected chi connectivity index (χ2v) is 10.1. The van der Waals surface area contributed by atoms with Crippen molar-refractivity contribution >= 4 is 29.3 Å². The lowest BCUT2D eigenvalue weighted by atomic mass is 10.0. The molecule has 0 radical (unpaired) electrons. The number of hydrogen-bond acceptors (Lipinski definition) is 5. The van der Waals surface area contributed by atoms with Crippen molar-refractivity contribution in [3.63, 3.8) is 0 Å². The molecule has 160 valence electrons. The molecule has 32 heavy (non-hydrogen) atoms. The molecule has 1 N–H and O–H groups in total. The van der Waals surface area contributed by atoms with E-state index in [0.29, 0.717) is 11.1 Å². The van der Waals surface area contributed by atoms with Gasteiger partial charge in [0.25, 0.3) is 0 Å². The van der Waals surface area contributed by atoms with Gasteiger partial charge in [0.2, 0.25) is 0 Å². The predicted molar refractivity (Wildman–Crippen MR) is 129 cm³/mol. The molecule has 1 aliphatic rings. The van der Waals surface area contributed by atoms with E-state index in [1.165, 1.54) is 9.79 Å². The lowest BCUT2D eigenvalue weighted by Gasteiger charge is -2.27. The van der Waals surface area contributed by atoms with Crippen LogP contribution >= 0.6 is 23.5 Å². The Morgan fingerprint density at radius 2 is 1.34 bits per heavy atom. The monoisotopic (exact) mass is 459 g/mol. The number of aromatic nitrogens is 1. The SMILES string of the molecule is COc1ccc(C(=O)c2c[nH]c(C3(c4ccc(OC)cc4)Sc4ccccc4S3)c2)cc1. The van der Waals surface area contributed by atoms with Gasteiger partial charge in [-0.15, -0.1) is 0 Å². The summed E-state index contributed by atoms with van der Waals surface area (Å²) in [6, 6.07) is 25.7. The molecule has 2 heterocycles. The first-order valence-corrected chi connectivity index (χ1v) is 11.8. The number of fused-ring (bicyclic) bond motifs is 1. The summed E-state index contributed by atoms with van der Waals surface area (Å²) < 4.78 is 10.1. The number of benzene rings is 3. The Hall–Kier alpha value is -3.09. The van der Waals surface area contributed by atoms with Gasteiger partial charge in [0.15, 0.2) is 5.78 Å². The molecule has 0 unspecified atom stereocenters. The Morgan fingerprint density at radius 3 is 1.91 bits per heavy atom. The molecule has 1 aromatic heterocycles. The fraction of sp³-hybridized carbons (Fsp3) is 0.115. The topological polar surface area (TPSA) is 51.3 Å². The molecule has 5 rings (SSSR count). The Bertz CT molecular complexity index is 1240. The van der Waals surface area contributed by atoms with Crippen molar-refractivity contribution in [2.75, 3.05) is 14.2 Å². The van der Waals surface area contributed by atoms with E-state index in [0.717, 1.165) is 22.8 Å². The molecule has 0 bridgehead atoms. The number of nitrogens with one attached hydrogen (secondary N) is 1. The van der Waals surface area contributed by atoms with E-state index < -0.39 is 4.08 Å². The number of carbonyl (C=O) groups excluding carboxylic acids is 1. The Kier molecular flexibility index (Phi) is 5.49. The normalized spacial score (nSPS) is 14.1. The van der Waals surface area contributed by atoms with Crippen molar-refractivity contribution in [2.45, 2.75) is 13.9 Å². The molecular weight excluding hydrogens is 438 g/mol. The predicted octanol–water partition coefficient (Wildman–Crippen LogP) is 6.36. The van der Waals surface area contributed by atoms with Crippen molar-refractivity contribution in [1.29, 1.82) is 0 Å². The summed E-state index contributed by atoms with van der Waals surface area (Å²) in [5, 5.41) is 0. The van der Waals surface area contributed by atoms with Crippen molar-refractivity contribution in [3.8, 4) is 11.5 Å². The highest BCUT2D eigenvalue weighted by Gasteiger charge is 2.44. The van der Waals surface area contributed by atoms with Crippen LogP contribution in [0.25, 0.3) is 0 Å². The summed E-state index contributed by atoms with van der Waals surface area (Å²) in [6.45, 7) is 0. The van der Waals surface area contributed by atoms with Crippen molar-refractivity contribution in [2.24, 2.45) is 0 Å². The molecule has 4 aromatic rings. The Balaban J connectivity index is 1.54. The number of thioether (sulfide) groups is 2. The lowest BCUT2D eigenvalue weighted by Crippen LogP contribution is -2.17. The van der Waals surface area contributed by atoms with Crippen LogP contribution in [-0.4, -0.2) is 25.0 Å². The Labute approximate surface area is 195 Å². The van der Waals surface area contributed by atoms with Gasteiger partial charge >= 0.3 is 0 Å². The number of rotatable bonds is 6. The van der Waals surface area contributed by atoms with E-state index in [4.69, 9.17) is 9.47 Å². The van der Waals surface area contributed by atoms with E-state index in [-0.39, 0.29) is 5.78 Å². The molecule has 0 atom stereocenters. The minimum absolute atomic E-state index is 0.0226. The van der Waals surface area contributed by atoms with E-state index in [2.05, 4.69) is 41.4 Å². The van der Waals surface area contributed by atoms with Crippen LogP contribution < -0.4 is 9.47 Å². The Morgan fingerprint density at radius 1 is 0.781 bits per heavy atom. The average Bonchev–Trinajstić information content (AvgIpc) is 3.50. The highest BCUT2D eigenvalue weighted by Crippen LogP contribution is 2.64. The maximum Gasteiger partial charge on any atom is 0.194 e. The first-order chi connectivity index (χ1) is 15.6. The summed E-state index contributed by atoms with van der Waals surface area (Å²) in [5.41, 5.74) is 3.38. The van der Waals surface area contributed by atoms with Crippen molar-refractivity contribution < 1.29 is 14.3 Å². The minimum atomic E-state index is -0.422. The zero-order valence-corrected chi connectivity index (χ0v) is 19.3. The van der Waals surface area contributed by atoms with Crippen LogP contribution in [0.3, 0.4) is 0 Å². The number of carbonyl (C=O) groups is 1. The molecule has 3 aromatic carbocycles. The summed E-state index contributed by atoms with van der Waals surface area (Å²) >= 11 is 3.58. The largest absolute Gasteiger partial charge is 0.497 e. The zero-order valence-electron chi connectivity index (χ0n) is 17.6. The lowest BCUT2D eigenvalue weighted by molar-refractivity contribution is 0.103. The fourth-order valence-electron chi connectivity index (χ4n) is 3.77. The third-order valence-electron chi connectivity index (χ3n) is 5.48. The van der Waals surface area contributed by atoms with Crippen LogP contribution in [0.1, 0.15) is 27.2 Å². The molecule has 4 nitrogen and oxygen atoms in total. The van der Waals surface area contributed by atoms with E-state index in [9.17, 15) is 4.79 Å². The smallest absolute Gasteiger partial charge is 0.194 e. The molecule has 6 heteroatoms. The number of ketones is 1. The second-order valence-electron chi connectivity index (χ2n) is 7.36. The summed E-state index contributed by atoms with van der Waals surface area (Å²) in [5.74, 6) is 1.52. The first kappa shape index (κ1) is 20.8. The van der Waals surface area contributed by atoms with Gasteiger partial charge in [-0.25, -0.2) is 0 Å². The van der Waals surface area contributed by atoms with E-state index in [1.807, 2.05) is 18.2 Å². The van der Waals surface area contributed by atoms with Gasteiger partial charge < -0.3 is 14.5 Å². The minimum Gasteiger partial charge on any atom is -0.497 e. The quantitative estimate of drug-likeness (QED) is 0.340. The van der Waals surface area contributed by atoms with Gasteiger partial charge in [0, 0.05) is 32.8 Å². The highest BCUT2D eigenvalue weighted by molar-refractivity contribution is 8.20. The van der Waals surface area contributed by atoms with Crippen LogP contribution in [0.15, 0.2) is 94.9 Å². The fourth-order valence-corrected chi connectivity index (χ4v) is 6.94. The molecule has 0 aliphatic carbocycles. The number of H-pyrrole nitrogens is 1. The molecule has 0 saturated carbocycles. The number of hydrogen-bond donors (Lipinski definition) is 1. The second kappa shape index (κ2) is 8.45. The molecule has 0 fully saturated rings. The van der Waals surface area contributed by atoms with Gasteiger partial charge in [-0.2, -0.15) is 0 Å². The third kappa shape index (κ3) is 3.59. The van der Waals surface area contributed by atoms with Crippen LogP contribution in [-0.2, 0) is 4.08 Å². The number of aromatic amines is 1. The molecule has 1 aliphatic heterocycles. The van der Waals surface area contributed by atoms with Gasteiger partial charge in [-0.1, -0.05) is 47.8 Å². The first-order valence-electron chi connectivity index (χ1n) is 10.1. The summed E-state index contributed by atoms with van der Waals surface area (Å²) in [6.07, 6.45) is 1.80. The molecular formula is C26H21NO3S2. The summed E-state index contributed by atoms with van der Waals surface area (Å²) in [7, 11) is 3.28. The van der Waals surface area contributed by atoms with E-state index >= 15 is 0 Å². The van der Waals surface area contributed by atoms with Gasteiger partial charge in [-0.05, 0) is 60.2 Å². The number of ether oxygens (including phenoxy) is 2.